The smallest absolute Gasteiger partial charge is 0.459 e. The number of ether oxygens (including phenoxy) is 2. The minimum absolute atomic E-state index is 0.0863. The molecule has 2 aliphatic rings. The molecule has 1 saturated carbocycles. The molecule has 0 bridgehead atoms. The summed E-state index contributed by atoms with van der Waals surface area (Å²) in [5.74, 6) is 1.73. The second-order valence-corrected chi connectivity index (χ2v) is 11.6. The summed E-state index contributed by atoms with van der Waals surface area (Å²) < 4.78 is 53.2. The Bertz CT molecular complexity index is 1530. The summed E-state index contributed by atoms with van der Waals surface area (Å²) in [5, 5.41) is 16.7. The highest BCUT2D eigenvalue weighted by Crippen LogP contribution is 2.48. The molecular weight excluding hydrogens is 572 g/mol. The number of imidazole rings is 1. The summed E-state index contributed by atoms with van der Waals surface area (Å²) in [6.07, 6.45) is 3.77. The average Bonchev–Trinajstić information content (AvgIpc) is 3.62. The second kappa shape index (κ2) is 11.8. The number of aliphatic hydroxyl groups excluding tert-OH is 1. The number of aromatic nitrogens is 4. The van der Waals surface area contributed by atoms with Crippen molar-refractivity contribution in [2.24, 2.45) is 0 Å². The molecule has 2 fully saturated rings. The Labute approximate surface area is 240 Å². The van der Waals surface area contributed by atoms with E-state index in [1.165, 1.54) is 30.0 Å². The van der Waals surface area contributed by atoms with Crippen LogP contribution in [-0.2, 0) is 23.4 Å². The second-order valence-electron chi connectivity index (χ2n) is 9.86. The number of nitrogen functional groups attached to an aromatic ring is 1. The third-order valence-electron chi connectivity index (χ3n) is 6.65. The third kappa shape index (κ3) is 6.04. The molecule has 3 aromatic rings. The number of hydrogen-bond acceptors (Lipinski definition) is 12. The SMILES string of the molecule is C#C[C@@]1(F)[C@H](O)[C@@H](COP(=O)(N[C@@H](C)C(=O)OCC)Oc2ccccc2)O[C@H]1n1cnc2c(NC3CC3)nc(N)nc21. The molecule has 14 nitrogen and oxygen atoms in total. The van der Waals surface area contributed by atoms with Gasteiger partial charge in [-0.1, -0.05) is 24.1 Å². The average molecular weight is 604 g/mol. The Hall–Kier alpha value is -3.80. The van der Waals surface area contributed by atoms with Gasteiger partial charge in [-0.2, -0.15) is 15.1 Å². The van der Waals surface area contributed by atoms with Crippen molar-refractivity contribution in [3.05, 3.63) is 36.7 Å². The number of aliphatic hydroxyl groups is 1. The van der Waals surface area contributed by atoms with Crippen LogP contribution in [-0.4, -0.2) is 73.8 Å². The number of fused-ring (bicyclic) bond motifs is 1. The van der Waals surface area contributed by atoms with Gasteiger partial charge in [0, 0.05) is 6.04 Å². The standard InChI is InChI=1S/C26H31FN7O7P/c1-4-26(27)20(35)18(13-39-42(37,33-15(3)23(36)38-5-2)41-17-9-7-6-8-10-17)40-24(26)34-14-29-19-21(30-16-11-12-16)31-25(28)32-22(19)34/h1,6-10,14-16,18,20,24,35H,5,11-13H2,2-3H3,(H,33,37)(H3,28,30,31,32)/t15-,18+,20+,24+,26+,42?/m0/s1. The van der Waals surface area contributed by atoms with E-state index < -0.39 is 50.5 Å². The number of rotatable bonds is 12. The van der Waals surface area contributed by atoms with Crippen molar-refractivity contribution in [2.45, 2.75) is 62.9 Å². The maximum atomic E-state index is 16.2. The van der Waals surface area contributed by atoms with Gasteiger partial charge in [-0.3, -0.25) is 13.9 Å². The first-order valence-electron chi connectivity index (χ1n) is 13.3. The van der Waals surface area contributed by atoms with Gasteiger partial charge in [0.1, 0.15) is 24.0 Å². The molecule has 0 amide bonds. The maximum Gasteiger partial charge on any atom is 0.459 e. The first-order valence-corrected chi connectivity index (χ1v) is 14.8. The summed E-state index contributed by atoms with van der Waals surface area (Å²) in [7, 11) is -4.32. The molecule has 5 N–H and O–H groups in total. The maximum absolute atomic E-state index is 16.2. The van der Waals surface area contributed by atoms with Gasteiger partial charge in [0.05, 0.1) is 19.5 Å². The van der Waals surface area contributed by atoms with E-state index in [2.05, 4.69) is 25.4 Å². The Morgan fingerprint density at radius 3 is 2.79 bits per heavy atom. The quantitative estimate of drug-likeness (QED) is 0.134. The molecule has 3 heterocycles. The Morgan fingerprint density at radius 1 is 1.38 bits per heavy atom. The molecule has 0 radical (unpaired) electrons. The van der Waals surface area contributed by atoms with Crippen LogP contribution in [0.25, 0.3) is 11.2 Å². The Morgan fingerprint density at radius 2 is 2.12 bits per heavy atom. The van der Waals surface area contributed by atoms with Gasteiger partial charge in [-0.05, 0) is 38.8 Å². The number of alkyl halides is 1. The van der Waals surface area contributed by atoms with Crippen LogP contribution in [0, 0.1) is 12.3 Å². The van der Waals surface area contributed by atoms with Crippen LogP contribution in [0.5, 0.6) is 5.75 Å². The highest BCUT2D eigenvalue weighted by atomic mass is 31.2. The molecular formula is C26H31FN7O7P. The summed E-state index contributed by atoms with van der Waals surface area (Å²) in [4.78, 5) is 24.9. The number of halogens is 1. The fraction of sp³-hybridized carbons (Fsp3) is 0.462. The summed E-state index contributed by atoms with van der Waals surface area (Å²) in [5.41, 5.74) is 3.57. The zero-order valence-electron chi connectivity index (χ0n) is 22.8. The number of para-hydroxylation sites is 1. The summed E-state index contributed by atoms with van der Waals surface area (Å²) in [6, 6.07) is 7.18. The van der Waals surface area contributed by atoms with E-state index in [1.807, 2.05) is 5.92 Å². The van der Waals surface area contributed by atoms with Crippen molar-refractivity contribution < 1.29 is 37.4 Å². The molecule has 1 saturated heterocycles. The first-order chi connectivity index (χ1) is 20.1. The van der Waals surface area contributed by atoms with Gasteiger partial charge in [0.15, 0.2) is 23.2 Å². The number of esters is 1. The number of carbonyl (C=O) groups is 1. The molecule has 42 heavy (non-hydrogen) atoms. The number of benzene rings is 1. The fourth-order valence-corrected chi connectivity index (χ4v) is 5.88. The van der Waals surface area contributed by atoms with Gasteiger partial charge in [0.25, 0.3) is 0 Å². The van der Waals surface area contributed by atoms with Crippen LogP contribution in [0.1, 0.15) is 32.9 Å². The normalized spacial score (nSPS) is 25.8. The predicted molar refractivity (Wildman–Crippen MR) is 149 cm³/mol. The van der Waals surface area contributed by atoms with Crippen LogP contribution in [0.4, 0.5) is 16.2 Å². The van der Waals surface area contributed by atoms with Crippen LogP contribution in [0.15, 0.2) is 36.7 Å². The molecule has 224 valence electrons. The van der Waals surface area contributed by atoms with Gasteiger partial charge in [0.2, 0.25) is 11.6 Å². The molecule has 1 aromatic carbocycles. The predicted octanol–water partition coefficient (Wildman–Crippen LogP) is 2.33. The minimum Gasteiger partial charge on any atom is -0.465 e. The van der Waals surface area contributed by atoms with E-state index in [1.54, 1.807) is 25.1 Å². The van der Waals surface area contributed by atoms with E-state index in [4.69, 9.17) is 30.7 Å². The lowest BCUT2D eigenvalue weighted by Gasteiger charge is -2.25. The van der Waals surface area contributed by atoms with Gasteiger partial charge < -0.3 is 30.2 Å². The van der Waals surface area contributed by atoms with Crippen molar-refractivity contribution >= 4 is 36.6 Å². The lowest BCUT2D eigenvalue weighted by molar-refractivity contribution is -0.144. The zero-order chi connectivity index (χ0) is 30.1. The Kier molecular flexibility index (Phi) is 8.36. The molecule has 1 unspecified atom stereocenters. The van der Waals surface area contributed by atoms with E-state index in [0.29, 0.717) is 11.3 Å². The largest absolute Gasteiger partial charge is 0.465 e. The number of anilines is 2. The lowest BCUT2D eigenvalue weighted by atomic mass is 9.97. The molecule has 1 aliphatic carbocycles. The number of nitrogens with two attached hydrogens (primary N) is 1. The molecule has 1 aliphatic heterocycles. The number of carbonyl (C=O) groups excluding carboxylic acids is 1. The molecule has 2 aromatic heterocycles. The number of terminal acetylenes is 1. The van der Waals surface area contributed by atoms with Gasteiger partial charge in [-0.15, -0.1) is 6.42 Å². The molecule has 0 spiro atoms. The molecule has 5 rings (SSSR count). The number of nitrogens with one attached hydrogen (secondary N) is 2. The van der Waals surface area contributed by atoms with Crippen molar-refractivity contribution in [3.63, 3.8) is 0 Å². The fourth-order valence-electron chi connectivity index (χ4n) is 4.38. The lowest BCUT2D eigenvalue weighted by Crippen LogP contribution is -2.42. The highest BCUT2D eigenvalue weighted by molar-refractivity contribution is 7.52. The molecule has 6 atom stereocenters. The van der Waals surface area contributed by atoms with E-state index in [0.717, 1.165) is 12.8 Å². The van der Waals surface area contributed by atoms with Crippen molar-refractivity contribution in [3.8, 4) is 18.1 Å². The van der Waals surface area contributed by atoms with Crippen molar-refractivity contribution in [1.29, 1.82) is 0 Å². The summed E-state index contributed by atoms with van der Waals surface area (Å²) in [6.45, 7) is 2.49. The van der Waals surface area contributed by atoms with Crippen LogP contribution >= 0.6 is 7.75 Å². The molecule has 16 heteroatoms. The van der Waals surface area contributed by atoms with Crippen LogP contribution < -0.4 is 20.7 Å². The van der Waals surface area contributed by atoms with Gasteiger partial charge in [-0.25, -0.2) is 13.9 Å². The van der Waals surface area contributed by atoms with Gasteiger partial charge >= 0.3 is 13.7 Å². The zero-order valence-corrected chi connectivity index (χ0v) is 23.7. The van der Waals surface area contributed by atoms with Crippen LogP contribution in [0.2, 0.25) is 0 Å². The number of nitrogens with zero attached hydrogens (tertiary/aromatic N) is 4. The van der Waals surface area contributed by atoms with E-state index in [9.17, 15) is 14.5 Å². The third-order valence-corrected chi connectivity index (χ3v) is 8.29. The summed E-state index contributed by atoms with van der Waals surface area (Å²) >= 11 is 0. The minimum atomic E-state index is -4.32. The first kappa shape index (κ1) is 29.7. The number of hydrogen-bond donors (Lipinski definition) is 4. The Balaban J connectivity index is 1.39. The van der Waals surface area contributed by atoms with E-state index in [-0.39, 0.29) is 30.0 Å². The monoisotopic (exact) mass is 603 g/mol. The topological polar surface area (TPSA) is 185 Å². The van der Waals surface area contributed by atoms with Crippen LogP contribution in [0.3, 0.4) is 0 Å². The highest BCUT2D eigenvalue weighted by Gasteiger charge is 2.58. The van der Waals surface area contributed by atoms with Crippen molar-refractivity contribution in [2.75, 3.05) is 24.3 Å². The van der Waals surface area contributed by atoms with Crippen molar-refractivity contribution in [1.82, 2.24) is 24.6 Å². The van der Waals surface area contributed by atoms with E-state index >= 15 is 4.39 Å².